The lowest BCUT2D eigenvalue weighted by molar-refractivity contribution is 0.109. The molecule has 1 aliphatic rings. The molecule has 0 N–H and O–H groups in total. The minimum absolute atomic E-state index is 0.283. The largest absolute Gasteiger partial charge is 0.376 e. The lowest BCUT2D eigenvalue weighted by atomic mass is 10.1. The third kappa shape index (κ3) is 1.08. The van der Waals surface area contributed by atoms with Gasteiger partial charge in [-0.05, 0) is 0 Å². The van der Waals surface area contributed by atoms with E-state index in [0.29, 0.717) is 19.0 Å². The molecule has 4 heteroatoms. The number of aromatic nitrogens is 1. The van der Waals surface area contributed by atoms with Crippen LogP contribution >= 0.6 is 0 Å². The minimum atomic E-state index is 0.283. The first kappa shape index (κ1) is 7.32. The first-order valence-electron chi connectivity index (χ1n) is 3.83. The van der Waals surface area contributed by atoms with Gasteiger partial charge in [0, 0.05) is 12.0 Å². The van der Waals surface area contributed by atoms with E-state index < -0.39 is 0 Å². The summed E-state index contributed by atoms with van der Waals surface area (Å²) in [6.45, 7) is 1.24. The molecule has 1 aromatic heterocycles. The highest BCUT2D eigenvalue weighted by atomic mass is 16.5. The topological polar surface area (TPSA) is 59.0 Å². The molecule has 0 aromatic carbocycles. The van der Waals surface area contributed by atoms with Gasteiger partial charge in [-0.15, -0.1) is 0 Å². The van der Waals surface area contributed by atoms with Crippen LogP contribution in [0.1, 0.15) is 17.0 Å². The van der Waals surface area contributed by atoms with E-state index >= 15 is 0 Å². The number of fused-ring (bicyclic) bond motifs is 1. The molecule has 0 bridgehead atoms. The summed E-state index contributed by atoms with van der Waals surface area (Å²) in [5.41, 5.74) is 1.93. The van der Waals surface area contributed by atoms with E-state index in [1.807, 2.05) is 6.07 Å². The number of nitrogens with zero attached hydrogens (tertiary/aromatic N) is 2. The van der Waals surface area contributed by atoms with Gasteiger partial charge in [-0.3, -0.25) is 0 Å². The predicted octanol–water partition coefficient (Wildman–Crippen LogP) is 0.813. The van der Waals surface area contributed by atoms with Crippen molar-refractivity contribution >= 4 is 0 Å². The van der Waals surface area contributed by atoms with Crippen molar-refractivity contribution in [2.45, 2.75) is 19.4 Å². The summed E-state index contributed by atoms with van der Waals surface area (Å²) in [5, 5.41) is 12.3. The average molecular weight is 164 g/mol. The number of nitriles is 1. The van der Waals surface area contributed by atoms with Crippen molar-refractivity contribution in [3.63, 3.8) is 0 Å². The third-order valence-corrected chi connectivity index (χ3v) is 1.92. The fraction of sp³-hybridized carbons (Fsp3) is 0.500. The quantitative estimate of drug-likeness (QED) is 0.616. The molecule has 0 unspecified atom stereocenters. The zero-order valence-electron chi connectivity index (χ0n) is 6.54. The first-order chi connectivity index (χ1) is 5.92. The Balaban J connectivity index is 2.33. The second kappa shape index (κ2) is 2.95. The van der Waals surface area contributed by atoms with Crippen LogP contribution in [0.4, 0.5) is 0 Å². The van der Waals surface area contributed by atoms with Gasteiger partial charge in [-0.2, -0.15) is 5.26 Å². The standard InChI is InChI=1S/C8H8N2O2/c9-3-1-8-6-5-11-4-2-7(6)10-12-8/h1-2,4-5H2. The molecule has 2 heterocycles. The Kier molecular flexibility index (Phi) is 1.80. The molecular formula is C8H8N2O2. The lowest BCUT2D eigenvalue weighted by Crippen LogP contribution is -2.09. The Morgan fingerprint density at radius 3 is 3.33 bits per heavy atom. The Morgan fingerprint density at radius 2 is 2.50 bits per heavy atom. The highest BCUT2D eigenvalue weighted by molar-refractivity contribution is 5.25. The summed E-state index contributed by atoms with van der Waals surface area (Å²) in [4.78, 5) is 0. The van der Waals surface area contributed by atoms with Crippen LogP contribution in [0, 0.1) is 11.3 Å². The number of ether oxygens (including phenoxy) is 1. The van der Waals surface area contributed by atoms with E-state index in [1.54, 1.807) is 0 Å². The minimum Gasteiger partial charge on any atom is -0.376 e. The zero-order chi connectivity index (χ0) is 8.39. The van der Waals surface area contributed by atoms with Crippen LogP contribution in [0.5, 0.6) is 0 Å². The molecule has 0 saturated heterocycles. The molecule has 2 rings (SSSR count). The van der Waals surface area contributed by atoms with Crippen LogP contribution in [-0.4, -0.2) is 11.8 Å². The molecule has 1 aromatic rings. The van der Waals surface area contributed by atoms with Crippen LogP contribution in [-0.2, 0) is 24.2 Å². The maximum atomic E-state index is 8.46. The van der Waals surface area contributed by atoms with E-state index in [4.69, 9.17) is 14.5 Å². The van der Waals surface area contributed by atoms with E-state index in [-0.39, 0.29) is 6.42 Å². The van der Waals surface area contributed by atoms with E-state index in [9.17, 15) is 0 Å². The van der Waals surface area contributed by atoms with Crippen LogP contribution in [0.15, 0.2) is 4.52 Å². The number of hydrogen-bond acceptors (Lipinski definition) is 4. The predicted molar refractivity (Wildman–Crippen MR) is 39.2 cm³/mol. The van der Waals surface area contributed by atoms with Crippen molar-refractivity contribution in [3.8, 4) is 6.07 Å². The fourth-order valence-electron chi connectivity index (χ4n) is 1.30. The van der Waals surface area contributed by atoms with Gasteiger partial charge in [0.05, 0.1) is 31.4 Å². The molecule has 0 saturated carbocycles. The monoisotopic (exact) mass is 164 g/mol. The second-order valence-electron chi connectivity index (χ2n) is 2.67. The highest BCUT2D eigenvalue weighted by Crippen LogP contribution is 2.20. The Morgan fingerprint density at radius 1 is 1.58 bits per heavy atom. The van der Waals surface area contributed by atoms with Crippen molar-refractivity contribution in [3.05, 3.63) is 17.0 Å². The third-order valence-electron chi connectivity index (χ3n) is 1.92. The molecule has 0 amide bonds. The van der Waals surface area contributed by atoms with Crippen molar-refractivity contribution in [1.29, 1.82) is 5.26 Å². The molecule has 1 aliphatic heterocycles. The molecular weight excluding hydrogens is 156 g/mol. The second-order valence-corrected chi connectivity index (χ2v) is 2.67. The Bertz CT molecular complexity index is 324. The van der Waals surface area contributed by atoms with Gasteiger partial charge in [0.2, 0.25) is 0 Å². The van der Waals surface area contributed by atoms with Crippen LogP contribution in [0.3, 0.4) is 0 Å². The Hall–Kier alpha value is -1.34. The molecule has 4 nitrogen and oxygen atoms in total. The van der Waals surface area contributed by atoms with Gasteiger partial charge in [0.1, 0.15) is 0 Å². The molecule has 0 radical (unpaired) electrons. The van der Waals surface area contributed by atoms with E-state index in [1.165, 1.54) is 0 Å². The summed E-state index contributed by atoms with van der Waals surface area (Å²) in [6.07, 6.45) is 1.08. The van der Waals surface area contributed by atoms with E-state index in [2.05, 4.69) is 5.16 Å². The lowest BCUT2D eigenvalue weighted by Gasteiger charge is -2.09. The average Bonchev–Trinajstić information content (AvgIpc) is 2.50. The summed E-state index contributed by atoms with van der Waals surface area (Å²) in [7, 11) is 0. The summed E-state index contributed by atoms with van der Waals surface area (Å²) < 4.78 is 10.2. The van der Waals surface area contributed by atoms with Gasteiger partial charge in [0.25, 0.3) is 0 Å². The van der Waals surface area contributed by atoms with Crippen LogP contribution in [0.25, 0.3) is 0 Å². The SMILES string of the molecule is N#CCc1onc2c1COCC2. The van der Waals surface area contributed by atoms with Gasteiger partial charge in [0.15, 0.2) is 5.76 Å². The highest BCUT2D eigenvalue weighted by Gasteiger charge is 2.18. The summed E-state index contributed by atoms with van der Waals surface area (Å²) in [6, 6.07) is 2.03. The summed E-state index contributed by atoms with van der Waals surface area (Å²) in [5.74, 6) is 0.659. The molecule has 0 spiro atoms. The van der Waals surface area contributed by atoms with Crippen molar-refractivity contribution in [2.24, 2.45) is 0 Å². The Labute approximate surface area is 69.7 Å². The molecule has 0 fully saturated rings. The molecule has 12 heavy (non-hydrogen) atoms. The fourth-order valence-corrected chi connectivity index (χ4v) is 1.30. The smallest absolute Gasteiger partial charge is 0.156 e. The first-order valence-corrected chi connectivity index (χ1v) is 3.83. The molecule has 62 valence electrons. The van der Waals surface area contributed by atoms with Crippen LogP contribution < -0.4 is 0 Å². The number of hydrogen-bond donors (Lipinski definition) is 0. The van der Waals surface area contributed by atoms with Crippen molar-refractivity contribution in [1.82, 2.24) is 5.16 Å². The summed E-state index contributed by atoms with van der Waals surface area (Å²) >= 11 is 0. The number of rotatable bonds is 1. The normalized spacial score (nSPS) is 15.2. The van der Waals surface area contributed by atoms with Gasteiger partial charge in [-0.1, -0.05) is 5.16 Å². The maximum Gasteiger partial charge on any atom is 0.156 e. The van der Waals surface area contributed by atoms with Crippen LogP contribution in [0.2, 0.25) is 0 Å². The molecule has 0 aliphatic carbocycles. The maximum absolute atomic E-state index is 8.46. The van der Waals surface area contributed by atoms with Gasteiger partial charge in [-0.25, -0.2) is 0 Å². The van der Waals surface area contributed by atoms with E-state index in [0.717, 1.165) is 17.7 Å². The van der Waals surface area contributed by atoms with Gasteiger partial charge < -0.3 is 9.26 Å². The zero-order valence-corrected chi connectivity index (χ0v) is 6.54. The molecule has 0 atom stereocenters. The van der Waals surface area contributed by atoms with Crippen molar-refractivity contribution < 1.29 is 9.26 Å². The van der Waals surface area contributed by atoms with Gasteiger partial charge >= 0.3 is 0 Å². The van der Waals surface area contributed by atoms with Crippen molar-refractivity contribution in [2.75, 3.05) is 6.61 Å².